The number of hydrogen-bond donors (Lipinski definition) is 1. The lowest BCUT2D eigenvalue weighted by Gasteiger charge is -2.08. The number of rotatable bonds is 4. The van der Waals surface area contributed by atoms with Gasteiger partial charge < -0.3 is 10.1 Å². The maximum absolute atomic E-state index is 11.8. The number of carbonyl (C=O) groups is 1. The van der Waals surface area contributed by atoms with E-state index in [1.54, 1.807) is 17.5 Å². The summed E-state index contributed by atoms with van der Waals surface area (Å²) in [6.45, 7) is -0.242. The molecule has 0 unspecified atom stereocenters. The molecule has 1 aromatic heterocycles. The summed E-state index contributed by atoms with van der Waals surface area (Å²) in [6.07, 6.45) is 0. The molecule has 0 fully saturated rings. The van der Waals surface area contributed by atoms with Crippen molar-refractivity contribution in [2.75, 3.05) is 11.9 Å². The highest BCUT2D eigenvalue weighted by Gasteiger charge is 2.10. The Morgan fingerprint density at radius 1 is 1.33 bits per heavy atom. The number of nitrogens with one attached hydrogen (secondary N) is 1. The lowest BCUT2D eigenvalue weighted by atomic mass is 10.2. The van der Waals surface area contributed by atoms with Crippen LogP contribution in [-0.4, -0.2) is 12.5 Å². The Balaban J connectivity index is 1.96. The smallest absolute Gasteiger partial charge is 0.262 e. The van der Waals surface area contributed by atoms with Gasteiger partial charge in [-0.1, -0.05) is 11.6 Å². The van der Waals surface area contributed by atoms with Crippen LogP contribution in [-0.2, 0) is 4.79 Å². The van der Waals surface area contributed by atoms with Crippen LogP contribution in [0.25, 0.3) is 0 Å². The molecule has 7 heteroatoms. The molecule has 0 atom stereocenters. The summed E-state index contributed by atoms with van der Waals surface area (Å²) in [4.78, 5) is 11.8. The summed E-state index contributed by atoms with van der Waals surface area (Å²) in [5, 5.41) is 22.6. The third kappa shape index (κ3) is 3.73. The van der Waals surface area contributed by atoms with E-state index in [9.17, 15) is 4.79 Å². The molecule has 21 heavy (non-hydrogen) atoms. The van der Waals surface area contributed by atoms with Crippen molar-refractivity contribution in [1.82, 2.24) is 0 Å². The molecule has 2 aromatic rings. The second-order valence-electron chi connectivity index (χ2n) is 3.87. The molecule has 2 rings (SSSR count). The monoisotopic (exact) mass is 317 g/mol. The fourth-order valence-electron chi connectivity index (χ4n) is 1.49. The Bertz CT molecular complexity index is 758. The van der Waals surface area contributed by atoms with Crippen molar-refractivity contribution in [2.24, 2.45) is 0 Å². The van der Waals surface area contributed by atoms with Gasteiger partial charge in [-0.15, -0.1) is 11.3 Å². The predicted octanol–water partition coefficient (Wildman–Crippen LogP) is 3.16. The first kappa shape index (κ1) is 14.9. The van der Waals surface area contributed by atoms with Crippen LogP contribution in [0.4, 0.5) is 5.00 Å². The molecule has 5 nitrogen and oxygen atoms in total. The number of hydrogen-bond acceptors (Lipinski definition) is 5. The van der Waals surface area contributed by atoms with Gasteiger partial charge >= 0.3 is 0 Å². The first-order chi connectivity index (χ1) is 10.1. The lowest BCUT2D eigenvalue weighted by molar-refractivity contribution is -0.118. The average Bonchev–Trinajstić information content (AvgIpc) is 2.93. The number of anilines is 1. The Morgan fingerprint density at radius 3 is 2.81 bits per heavy atom. The van der Waals surface area contributed by atoms with Crippen LogP contribution >= 0.6 is 22.9 Å². The Labute approximate surface area is 130 Å². The van der Waals surface area contributed by atoms with Crippen LogP contribution < -0.4 is 10.1 Å². The van der Waals surface area contributed by atoms with Crippen molar-refractivity contribution in [3.8, 4) is 17.9 Å². The molecule has 0 bridgehead atoms. The molecule has 1 N–H and O–H groups in total. The van der Waals surface area contributed by atoms with Crippen molar-refractivity contribution in [1.29, 1.82) is 10.5 Å². The topological polar surface area (TPSA) is 85.9 Å². The van der Waals surface area contributed by atoms with E-state index in [4.69, 9.17) is 26.9 Å². The van der Waals surface area contributed by atoms with Crippen LogP contribution in [0.1, 0.15) is 11.1 Å². The predicted molar refractivity (Wildman–Crippen MR) is 79.3 cm³/mol. The highest BCUT2D eigenvalue weighted by Crippen LogP contribution is 2.25. The van der Waals surface area contributed by atoms with Gasteiger partial charge in [0.15, 0.2) is 6.61 Å². The highest BCUT2D eigenvalue weighted by molar-refractivity contribution is 7.14. The molecule has 1 aromatic carbocycles. The zero-order valence-electron chi connectivity index (χ0n) is 10.6. The van der Waals surface area contributed by atoms with Crippen LogP contribution in [0, 0.1) is 22.7 Å². The van der Waals surface area contributed by atoms with Gasteiger partial charge in [0.2, 0.25) is 0 Å². The largest absolute Gasteiger partial charge is 0.482 e. The van der Waals surface area contributed by atoms with Crippen molar-refractivity contribution in [2.45, 2.75) is 0 Å². The first-order valence-corrected chi connectivity index (χ1v) is 6.99. The molecule has 0 aliphatic heterocycles. The van der Waals surface area contributed by atoms with Gasteiger partial charge in [-0.25, -0.2) is 0 Å². The summed E-state index contributed by atoms with van der Waals surface area (Å²) in [5.74, 6) is -0.0770. The quantitative estimate of drug-likeness (QED) is 0.938. The molecular formula is C14H8ClN3O2S. The fraction of sp³-hybridized carbons (Fsp3) is 0.0714. The van der Waals surface area contributed by atoms with E-state index in [1.807, 2.05) is 12.1 Å². The second kappa shape index (κ2) is 6.76. The molecule has 0 saturated carbocycles. The Kier molecular flexibility index (Phi) is 4.78. The lowest BCUT2D eigenvalue weighted by Crippen LogP contribution is -2.20. The van der Waals surface area contributed by atoms with Gasteiger partial charge in [0.25, 0.3) is 5.91 Å². The third-order valence-electron chi connectivity index (χ3n) is 2.46. The standard InChI is InChI=1S/C14H8ClN3O2S/c15-11-5-9(6-16)1-2-12(11)20-8-13(19)18-14-10(7-17)3-4-21-14/h1-5H,8H2,(H,18,19). The maximum Gasteiger partial charge on any atom is 0.262 e. The zero-order valence-corrected chi connectivity index (χ0v) is 12.2. The summed E-state index contributed by atoms with van der Waals surface area (Å²) in [6, 6.07) is 10.1. The van der Waals surface area contributed by atoms with Gasteiger partial charge in [0.05, 0.1) is 22.2 Å². The molecule has 0 saturated heterocycles. The number of nitriles is 2. The number of ether oxygens (including phenoxy) is 1. The van der Waals surface area contributed by atoms with E-state index < -0.39 is 5.91 Å². The van der Waals surface area contributed by atoms with Crippen molar-refractivity contribution < 1.29 is 9.53 Å². The minimum atomic E-state index is -0.394. The number of carbonyl (C=O) groups excluding carboxylic acids is 1. The second-order valence-corrected chi connectivity index (χ2v) is 5.19. The van der Waals surface area contributed by atoms with E-state index in [2.05, 4.69) is 5.32 Å². The Morgan fingerprint density at radius 2 is 2.14 bits per heavy atom. The van der Waals surface area contributed by atoms with E-state index in [-0.39, 0.29) is 11.6 Å². The number of nitrogens with zero attached hydrogens (tertiary/aromatic N) is 2. The Hall–Kier alpha value is -2.54. The average molecular weight is 318 g/mol. The van der Waals surface area contributed by atoms with E-state index in [1.165, 1.54) is 23.5 Å². The van der Waals surface area contributed by atoms with Gasteiger partial charge in [0, 0.05) is 0 Å². The van der Waals surface area contributed by atoms with Crippen molar-refractivity contribution in [3.05, 3.63) is 45.8 Å². The first-order valence-electron chi connectivity index (χ1n) is 5.74. The van der Waals surface area contributed by atoms with Crippen molar-refractivity contribution in [3.63, 3.8) is 0 Å². The van der Waals surface area contributed by atoms with Gasteiger partial charge in [-0.2, -0.15) is 10.5 Å². The number of amides is 1. The number of thiophene rings is 1. The van der Waals surface area contributed by atoms with E-state index in [0.29, 0.717) is 21.9 Å². The number of halogens is 1. The van der Waals surface area contributed by atoms with Crippen LogP contribution in [0.5, 0.6) is 5.75 Å². The highest BCUT2D eigenvalue weighted by atomic mass is 35.5. The fourth-order valence-corrected chi connectivity index (χ4v) is 2.48. The summed E-state index contributed by atoms with van der Waals surface area (Å²) in [5.41, 5.74) is 0.818. The zero-order chi connectivity index (χ0) is 15.2. The molecule has 1 amide bonds. The molecule has 1 heterocycles. The summed E-state index contributed by atoms with van der Waals surface area (Å²) >= 11 is 7.19. The third-order valence-corrected chi connectivity index (χ3v) is 3.58. The molecule has 0 spiro atoms. The summed E-state index contributed by atoms with van der Waals surface area (Å²) < 4.78 is 5.29. The SMILES string of the molecule is N#Cc1ccc(OCC(=O)Nc2sccc2C#N)c(Cl)c1. The molecule has 0 radical (unpaired) electrons. The molecular weight excluding hydrogens is 310 g/mol. The molecule has 104 valence electrons. The van der Waals surface area contributed by atoms with Gasteiger partial charge in [-0.05, 0) is 29.6 Å². The van der Waals surface area contributed by atoms with E-state index in [0.717, 1.165) is 0 Å². The van der Waals surface area contributed by atoms with Crippen LogP contribution in [0.3, 0.4) is 0 Å². The van der Waals surface area contributed by atoms with Gasteiger partial charge in [-0.3, -0.25) is 4.79 Å². The minimum Gasteiger partial charge on any atom is -0.482 e. The normalized spacial score (nSPS) is 9.48. The van der Waals surface area contributed by atoms with E-state index >= 15 is 0 Å². The van der Waals surface area contributed by atoms with Gasteiger partial charge in [0.1, 0.15) is 16.8 Å². The minimum absolute atomic E-state index is 0.242. The van der Waals surface area contributed by atoms with Crippen molar-refractivity contribution >= 4 is 33.8 Å². The number of benzene rings is 1. The summed E-state index contributed by atoms with van der Waals surface area (Å²) in [7, 11) is 0. The van der Waals surface area contributed by atoms with Crippen LogP contribution in [0.15, 0.2) is 29.6 Å². The molecule has 0 aliphatic carbocycles. The van der Waals surface area contributed by atoms with Crippen LogP contribution in [0.2, 0.25) is 5.02 Å². The molecule has 0 aliphatic rings. The maximum atomic E-state index is 11.8.